The van der Waals surface area contributed by atoms with E-state index in [-0.39, 0.29) is 34.6 Å². The Bertz CT molecular complexity index is 1620. The van der Waals surface area contributed by atoms with Crippen molar-refractivity contribution >= 4 is 57.1 Å². The van der Waals surface area contributed by atoms with Crippen molar-refractivity contribution in [2.45, 2.75) is 46.5 Å². The smallest absolute Gasteiger partial charge is 0.261 e. The van der Waals surface area contributed by atoms with E-state index in [1.165, 1.54) is 4.90 Å². The molecule has 0 saturated heterocycles. The van der Waals surface area contributed by atoms with Crippen molar-refractivity contribution in [3.63, 3.8) is 0 Å². The molecule has 0 fully saturated rings. The molecule has 1 aliphatic heterocycles. The number of fused-ring (bicyclic) bond motifs is 2. The Morgan fingerprint density at radius 1 is 0.861 bits per heavy atom. The van der Waals surface area contributed by atoms with Crippen molar-refractivity contribution in [2.75, 3.05) is 4.90 Å². The fourth-order valence-electron chi connectivity index (χ4n) is 5.70. The molecule has 6 rings (SSSR count). The minimum Gasteiger partial charge on any atom is -0.506 e. The van der Waals surface area contributed by atoms with Crippen molar-refractivity contribution < 1.29 is 19.5 Å². The predicted molar refractivity (Wildman–Crippen MR) is 139 cm³/mol. The van der Waals surface area contributed by atoms with Crippen LogP contribution in [0.4, 0.5) is 5.69 Å². The summed E-state index contributed by atoms with van der Waals surface area (Å²) in [5.74, 6) is -1.07. The van der Waals surface area contributed by atoms with E-state index in [0.29, 0.717) is 56.9 Å². The third kappa shape index (κ3) is 2.91. The molecule has 1 aromatic heterocycles. The normalized spacial score (nSPS) is 17.6. The average molecular weight is 499 g/mol. The second kappa shape index (κ2) is 7.87. The van der Waals surface area contributed by atoms with E-state index in [1.54, 1.807) is 31.2 Å². The molecule has 3 aromatic rings. The van der Waals surface area contributed by atoms with Crippen molar-refractivity contribution in [3.05, 3.63) is 80.0 Å². The van der Waals surface area contributed by atoms with Crippen LogP contribution in [0.5, 0.6) is 0 Å². The maximum atomic E-state index is 13.6. The number of allylic oxidation sites excluding steroid dienone is 1. The Labute approximate surface area is 212 Å². The lowest BCUT2D eigenvalue weighted by Crippen LogP contribution is -2.31. The van der Waals surface area contributed by atoms with E-state index in [2.05, 4.69) is 0 Å². The number of hydrogen-bond acceptors (Lipinski definition) is 5. The van der Waals surface area contributed by atoms with Gasteiger partial charge in [-0.15, -0.1) is 0 Å². The van der Waals surface area contributed by atoms with Gasteiger partial charge in [0.05, 0.1) is 22.5 Å². The summed E-state index contributed by atoms with van der Waals surface area (Å²) in [5.41, 5.74) is 5.39. The van der Waals surface area contributed by atoms with Crippen LogP contribution in [0.25, 0.3) is 22.2 Å². The standard InChI is InChI=1S/C29H23ClN2O4/c1-13-14(2)24(30)15(3)22-21(13)26(33)23(27(22)34)19-12-11-16-7-6-10-20(25(16)31-19)32-28(35)17-8-4-5-9-18(17)29(32)36/h6-7,10-12,33H,4-5,8-9H2,1-3H3. The molecule has 6 nitrogen and oxygen atoms in total. The molecule has 2 amide bonds. The van der Waals surface area contributed by atoms with Crippen molar-refractivity contribution in [3.8, 4) is 0 Å². The summed E-state index contributed by atoms with van der Waals surface area (Å²) in [5, 5.41) is 12.4. The lowest BCUT2D eigenvalue weighted by Gasteiger charge is -2.17. The van der Waals surface area contributed by atoms with E-state index in [0.717, 1.165) is 29.4 Å². The number of benzene rings is 2. The molecule has 0 atom stereocenters. The number of para-hydroxylation sites is 1. The number of aliphatic hydroxyl groups excluding tert-OH is 1. The van der Waals surface area contributed by atoms with Crippen LogP contribution in [-0.2, 0) is 9.59 Å². The number of aromatic nitrogens is 1. The number of Topliss-reactive ketones (excluding diaryl/α,β-unsaturated/α-hetero) is 1. The van der Waals surface area contributed by atoms with Gasteiger partial charge in [-0.3, -0.25) is 14.4 Å². The van der Waals surface area contributed by atoms with Gasteiger partial charge in [-0.25, -0.2) is 9.88 Å². The van der Waals surface area contributed by atoms with Gasteiger partial charge >= 0.3 is 0 Å². The molecule has 0 bridgehead atoms. The SMILES string of the molecule is Cc1c(C)c2c(c(C)c1Cl)C(=O)C(c1ccc3cccc(N4C(=O)C5=C(CCCC5)C4=O)c3n1)=C2O. The number of anilines is 1. The van der Waals surface area contributed by atoms with Gasteiger partial charge in [-0.2, -0.15) is 0 Å². The number of imide groups is 1. The Hall–Kier alpha value is -3.77. The van der Waals surface area contributed by atoms with E-state index in [4.69, 9.17) is 16.6 Å². The number of aliphatic hydroxyl groups is 1. The van der Waals surface area contributed by atoms with Gasteiger partial charge in [-0.1, -0.05) is 29.8 Å². The molecule has 2 aliphatic carbocycles. The molecule has 0 spiro atoms. The summed E-state index contributed by atoms with van der Waals surface area (Å²) in [6.07, 6.45) is 2.99. The zero-order valence-corrected chi connectivity index (χ0v) is 20.9. The number of carbonyl (C=O) groups excluding carboxylic acids is 3. The lowest BCUT2D eigenvalue weighted by molar-refractivity contribution is -0.120. The molecule has 2 heterocycles. The Morgan fingerprint density at radius 3 is 2.19 bits per heavy atom. The van der Waals surface area contributed by atoms with Gasteiger partial charge in [-0.05, 0) is 75.3 Å². The maximum Gasteiger partial charge on any atom is 0.261 e. The third-order valence-electron chi connectivity index (χ3n) is 7.74. The van der Waals surface area contributed by atoms with Crippen LogP contribution >= 0.6 is 11.6 Å². The number of hydrogen-bond donors (Lipinski definition) is 1. The Balaban J connectivity index is 1.52. The quantitative estimate of drug-likeness (QED) is 0.426. The van der Waals surface area contributed by atoms with Crippen LogP contribution in [0.3, 0.4) is 0 Å². The largest absolute Gasteiger partial charge is 0.506 e. The first-order valence-electron chi connectivity index (χ1n) is 12.0. The summed E-state index contributed by atoms with van der Waals surface area (Å²) in [6.45, 7) is 5.46. The molecular weight excluding hydrogens is 476 g/mol. The van der Waals surface area contributed by atoms with Crippen LogP contribution in [0.15, 0.2) is 41.5 Å². The number of carbonyl (C=O) groups is 3. The van der Waals surface area contributed by atoms with E-state index in [1.807, 2.05) is 19.9 Å². The van der Waals surface area contributed by atoms with E-state index in [9.17, 15) is 19.5 Å². The summed E-state index contributed by atoms with van der Waals surface area (Å²) >= 11 is 6.48. The molecule has 7 heteroatoms. The number of amides is 2. The fraction of sp³-hybridized carbons (Fsp3) is 0.241. The van der Waals surface area contributed by atoms with Crippen LogP contribution in [0.2, 0.25) is 5.02 Å². The zero-order chi connectivity index (χ0) is 25.5. The molecule has 180 valence electrons. The molecule has 0 unspecified atom stereocenters. The monoisotopic (exact) mass is 498 g/mol. The van der Waals surface area contributed by atoms with Gasteiger partial charge < -0.3 is 5.11 Å². The Morgan fingerprint density at radius 2 is 1.53 bits per heavy atom. The number of halogens is 1. The molecule has 0 saturated carbocycles. The molecule has 36 heavy (non-hydrogen) atoms. The van der Waals surface area contributed by atoms with Gasteiger partial charge in [0.1, 0.15) is 5.76 Å². The summed E-state index contributed by atoms with van der Waals surface area (Å²) < 4.78 is 0. The fourth-order valence-corrected chi connectivity index (χ4v) is 5.94. The molecule has 2 aromatic carbocycles. The van der Waals surface area contributed by atoms with Crippen molar-refractivity contribution in [1.82, 2.24) is 4.98 Å². The van der Waals surface area contributed by atoms with Gasteiger partial charge in [0, 0.05) is 32.7 Å². The number of pyridine rings is 1. The van der Waals surface area contributed by atoms with Crippen LogP contribution in [0.1, 0.15) is 64.0 Å². The highest BCUT2D eigenvalue weighted by Crippen LogP contribution is 2.44. The first-order valence-corrected chi connectivity index (χ1v) is 12.4. The van der Waals surface area contributed by atoms with Crippen molar-refractivity contribution in [2.24, 2.45) is 0 Å². The van der Waals surface area contributed by atoms with E-state index < -0.39 is 0 Å². The second-order valence-electron chi connectivity index (χ2n) is 9.65. The first-order chi connectivity index (χ1) is 17.2. The minimum atomic E-state index is -0.347. The zero-order valence-electron chi connectivity index (χ0n) is 20.2. The topological polar surface area (TPSA) is 87.6 Å². The first kappa shape index (κ1) is 22.7. The highest BCUT2D eigenvalue weighted by molar-refractivity contribution is 6.41. The predicted octanol–water partition coefficient (Wildman–Crippen LogP) is 6.18. The van der Waals surface area contributed by atoms with E-state index >= 15 is 0 Å². The average Bonchev–Trinajstić information content (AvgIpc) is 3.30. The Kier molecular flexibility index (Phi) is 4.96. The maximum absolute atomic E-state index is 13.6. The number of rotatable bonds is 2. The third-order valence-corrected chi connectivity index (χ3v) is 8.30. The van der Waals surface area contributed by atoms with Crippen LogP contribution < -0.4 is 4.90 Å². The molecular formula is C29H23ClN2O4. The van der Waals surface area contributed by atoms with Gasteiger partial charge in [0.25, 0.3) is 11.8 Å². The minimum absolute atomic E-state index is 0.0889. The lowest BCUT2D eigenvalue weighted by atomic mass is 9.93. The molecule has 1 N–H and O–H groups in total. The number of nitrogens with zero attached hydrogens (tertiary/aromatic N) is 2. The van der Waals surface area contributed by atoms with Crippen molar-refractivity contribution in [1.29, 1.82) is 0 Å². The molecule has 3 aliphatic rings. The summed E-state index contributed by atoms with van der Waals surface area (Å²) in [6, 6.07) is 8.78. The molecule has 0 radical (unpaired) electrons. The van der Waals surface area contributed by atoms with Gasteiger partial charge in [0.2, 0.25) is 0 Å². The number of ketones is 1. The summed E-state index contributed by atoms with van der Waals surface area (Å²) in [7, 11) is 0. The summed E-state index contributed by atoms with van der Waals surface area (Å²) in [4.78, 5) is 46.0. The highest BCUT2D eigenvalue weighted by Gasteiger charge is 2.41. The van der Waals surface area contributed by atoms with Gasteiger partial charge in [0.15, 0.2) is 5.78 Å². The highest BCUT2D eigenvalue weighted by atomic mass is 35.5. The van der Waals surface area contributed by atoms with Crippen LogP contribution in [-0.4, -0.2) is 27.7 Å². The second-order valence-corrected chi connectivity index (χ2v) is 10.0. The van der Waals surface area contributed by atoms with Crippen LogP contribution in [0, 0.1) is 20.8 Å².